The van der Waals surface area contributed by atoms with Gasteiger partial charge in [-0.2, -0.15) is 0 Å². The average Bonchev–Trinajstić information content (AvgIpc) is 2.44. The van der Waals surface area contributed by atoms with Crippen molar-refractivity contribution in [3.8, 4) is 23.0 Å². The van der Waals surface area contributed by atoms with E-state index in [4.69, 9.17) is 4.74 Å². The predicted octanol–water partition coefficient (Wildman–Crippen LogP) is 2.04. The molecule has 5 nitrogen and oxygen atoms in total. The minimum atomic E-state index is -0.709. The minimum absolute atomic E-state index is 0.0829. The Morgan fingerprint density at radius 3 is 2.16 bits per heavy atom. The van der Waals surface area contributed by atoms with Crippen molar-refractivity contribution in [2.24, 2.45) is 0 Å². The summed E-state index contributed by atoms with van der Waals surface area (Å²) in [5.41, 5.74) is 0.252. The molecule has 0 spiro atoms. The van der Waals surface area contributed by atoms with Crippen LogP contribution >= 0.6 is 0 Å². The molecule has 0 aromatic heterocycles. The Labute approximate surface area is 109 Å². The highest BCUT2D eigenvalue weighted by molar-refractivity contribution is 6.11. The van der Waals surface area contributed by atoms with E-state index in [-0.39, 0.29) is 5.56 Å². The molecular formula is C14H12O5. The van der Waals surface area contributed by atoms with E-state index in [0.29, 0.717) is 11.3 Å². The number of phenolic OH excluding ortho intramolecular Hbond substituents is 3. The van der Waals surface area contributed by atoms with Crippen LogP contribution in [0.25, 0.3) is 0 Å². The van der Waals surface area contributed by atoms with E-state index in [1.54, 1.807) is 24.3 Å². The van der Waals surface area contributed by atoms with Crippen LogP contribution in [-0.4, -0.2) is 28.2 Å². The Kier molecular flexibility index (Phi) is 3.29. The van der Waals surface area contributed by atoms with Gasteiger partial charge >= 0.3 is 0 Å². The van der Waals surface area contributed by atoms with E-state index in [0.717, 1.165) is 6.07 Å². The molecule has 0 amide bonds. The van der Waals surface area contributed by atoms with Crippen LogP contribution in [0.4, 0.5) is 0 Å². The monoisotopic (exact) mass is 260 g/mol. The number of methoxy groups -OCH3 is 1. The summed E-state index contributed by atoms with van der Waals surface area (Å²) >= 11 is 0. The Hall–Kier alpha value is -2.69. The van der Waals surface area contributed by atoms with Gasteiger partial charge in [0.1, 0.15) is 5.75 Å². The van der Waals surface area contributed by atoms with Crippen molar-refractivity contribution in [2.45, 2.75) is 0 Å². The lowest BCUT2D eigenvalue weighted by atomic mass is 10.0. The van der Waals surface area contributed by atoms with Crippen LogP contribution in [-0.2, 0) is 0 Å². The van der Waals surface area contributed by atoms with Crippen LogP contribution < -0.4 is 4.74 Å². The largest absolute Gasteiger partial charge is 0.504 e. The normalized spacial score (nSPS) is 10.2. The fourth-order valence-electron chi connectivity index (χ4n) is 1.65. The first-order valence-electron chi connectivity index (χ1n) is 5.47. The van der Waals surface area contributed by atoms with Gasteiger partial charge in [-0.3, -0.25) is 4.79 Å². The Morgan fingerprint density at radius 2 is 1.58 bits per heavy atom. The standard InChI is InChI=1S/C14H12O5/c1-19-9-4-2-8(3-5-9)12(16)10-6-7-11(15)14(18)13(10)17/h2-7,15,17-18H,1H3. The number of rotatable bonds is 3. The molecule has 0 saturated heterocycles. The summed E-state index contributed by atoms with van der Waals surface area (Å²) in [7, 11) is 1.51. The molecule has 19 heavy (non-hydrogen) atoms. The number of benzene rings is 2. The highest BCUT2D eigenvalue weighted by Gasteiger charge is 2.18. The van der Waals surface area contributed by atoms with E-state index in [1.165, 1.54) is 13.2 Å². The van der Waals surface area contributed by atoms with Crippen LogP contribution in [0.2, 0.25) is 0 Å². The molecule has 0 aliphatic rings. The lowest BCUT2D eigenvalue weighted by Gasteiger charge is -2.07. The summed E-state index contributed by atoms with van der Waals surface area (Å²) in [4.78, 5) is 12.1. The topological polar surface area (TPSA) is 87.0 Å². The molecule has 0 heterocycles. The molecule has 0 aliphatic carbocycles. The van der Waals surface area contributed by atoms with E-state index < -0.39 is 23.0 Å². The summed E-state index contributed by atoms with van der Waals surface area (Å²) in [5.74, 6) is -1.69. The molecule has 0 fully saturated rings. The first kappa shape index (κ1) is 12.8. The fourth-order valence-corrected chi connectivity index (χ4v) is 1.65. The molecule has 0 atom stereocenters. The molecule has 3 N–H and O–H groups in total. The highest BCUT2D eigenvalue weighted by atomic mass is 16.5. The van der Waals surface area contributed by atoms with E-state index >= 15 is 0 Å². The number of ether oxygens (including phenoxy) is 1. The zero-order valence-electron chi connectivity index (χ0n) is 10.1. The molecule has 2 aromatic carbocycles. The third-order valence-corrected chi connectivity index (χ3v) is 2.73. The quantitative estimate of drug-likeness (QED) is 0.580. The minimum Gasteiger partial charge on any atom is -0.504 e. The van der Waals surface area contributed by atoms with Crippen molar-refractivity contribution in [3.05, 3.63) is 47.5 Å². The van der Waals surface area contributed by atoms with Crippen molar-refractivity contribution in [1.29, 1.82) is 0 Å². The Bertz CT molecular complexity index is 616. The van der Waals surface area contributed by atoms with Crippen LogP contribution in [0.1, 0.15) is 15.9 Å². The maximum atomic E-state index is 12.1. The molecule has 0 unspecified atom stereocenters. The van der Waals surface area contributed by atoms with Crippen LogP contribution in [0.5, 0.6) is 23.0 Å². The molecular weight excluding hydrogens is 248 g/mol. The number of aromatic hydroxyl groups is 3. The second-order valence-electron chi connectivity index (χ2n) is 3.89. The average molecular weight is 260 g/mol. The van der Waals surface area contributed by atoms with Crippen molar-refractivity contribution < 1.29 is 24.9 Å². The molecule has 2 aromatic rings. The van der Waals surface area contributed by atoms with Gasteiger partial charge in [-0.15, -0.1) is 0 Å². The molecule has 0 bridgehead atoms. The number of phenols is 3. The van der Waals surface area contributed by atoms with Crippen LogP contribution in [0.3, 0.4) is 0 Å². The smallest absolute Gasteiger partial charge is 0.201 e. The van der Waals surface area contributed by atoms with Gasteiger partial charge in [-0.05, 0) is 36.4 Å². The van der Waals surface area contributed by atoms with E-state index in [9.17, 15) is 20.1 Å². The van der Waals surface area contributed by atoms with Crippen LogP contribution in [0, 0.1) is 0 Å². The van der Waals surface area contributed by atoms with Crippen molar-refractivity contribution in [1.82, 2.24) is 0 Å². The van der Waals surface area contributed by atoms with Gasteiger partial charge < -0.3 is 20.1 Å². The highest BCUT2D eigenvalue weighted by Crippen LogP contribution is 2.37. The predicted molar refractivity (Wildman–Crippen MR) is 67.9 cm³/mol. The van der Waals surface area contributed by atoms with E-state index in [1.807, 2.05) is 0 Å². The fraction of sp³-hybridized carbons (Fsp3) is 0.0714. The second-order valence-corrected chi connectivity index (χ2v) is 3.89. The zero-order chi connectivity index (χ0) is 14.0. The van der Waals surface area contributed by atoms with E-state index in [2.05, 4.69) is 0 Å². The molecule has 0 aliphatic heterocycles. The number of ketones is 1. The summed E-state index contributed by atoms with van der Waals surface area (Å²) in [6, 6.07) is 8.72. The van der Waals surface area contributed by atoms with Gasteiger partial charge in [0.25, 0.3) is 0 Å². The second kappa shape index (κ2) is 4.89. The maximum Gasteiger partial charge on any atom is 0.201 e. The Balaban J connectivity index is 2.41. The molecule has 5 heteroatoms. The van der Waals surface area contributed by atoms with Gasteiger partial charge in [0, 0.05) is 5.56 Å². The van der Waals surface area contributed by atoms with Gasteiger partial charge in [-0.25, -0.2) is 0 Å². The first-order chi connectivity index (χ1) is 9.04. The third kappa shape index (κ3) is 2.30. The summed E-state index contributed by atoms with van der Waals surface area (Å²) in [5, 5.41) is 28.3. The molecule has 0 saturated carbocycles. The molecule has 98 valence electrons. The van der Waals surface area contributed by atoms with Crippen molar-refractivity contribution in [2.75, 3.05) is 7.11 Å². The lowest BCUT2D eigenvalue weighted by Crippen LogP contribution is -2.01. The summed E-state index contributed by atoms with van der Waals surface area (Å²) in [6.45, 7) is 0. The number of carbonyl (C=O) groups is 1. The first-order valence-corrected chi connectivity index (χ1v) is 5.47. The van der Waals surface area contributed by atoms with Gasteiger partial charge in [-0.1, -0.05) is 0 Å². The zero-order valence-corrected chi connectivity index (χ0v) is 10.1. The van der Waals surface area contributed by atoms with Gasteiger partial charge in [0.2, 0.25) is 5.75 Å². The van der Waals surface area contributed by atoms with Crippen LogP contribution in [0.15, 0.2) is 36.4 Å². The van der Waals surface area contributed by atoms with Gasteiger partial charge in [0.15, 0.2) is 17.3 Å². The third-order valence-electron chi connectivity index (χ3n) is 2.73. The van der Waals surface area contributed by atoms with Crippen molar-refractivity contribution >= 4 is 5.78 Å². The maximum absolute atomic E-state index is 12.1. The summed E-state index contributed by atoms with van der Waals surface area (Å²) < 4.78 is 4.98. The lowest BCUT2D eigenvalue weighted by molar-refractivity contribution is 0.103. The summed E-state index contributed by atoms with van der Waals surface area (Å²) in [6.07, 6.45) is 0. The number of carbonyl (C=O) groups excluding carboxylic acids is 1. The Morgan fingerprint density at radius 1 is 0.947 bits per heavy atom. The SMILES string of the molecule is COc1ccc(C(=O)c2ccc(O)c(O)c2O)cc1. The van der Waals surface area contributed by atoms with Crippen molar-refractivity contribution in [3.63, 3.8) is 0 Å². The number of hydrogen-bond donors (Lipinski definition) is 3. The molecule has 0 radical (unpaired) electrons. The number of hydrogen-bond acceptors (Lipinski definition) is 5. The molecule has 2 rings (SSSR count). The van der Waals surface area contributed by atoms with Gasteiger partial charge in [0.05, 0.1) is 12.7 Å².